The van der Waals surface area contributed by atoms with Gasteiger partial charge in [-0.25, -0.2) is 4.79 Å². The minimum absolute atomic E-state index is 0.145. The zero-order valence-corrected chi connectivity index (χ0v) is 9.16. The Morgan fingerprint density at radius 3 is 2.27 bits per heavy atom. The molecule has 0 aliphatic heterocycles. The standard InChI is InChI=1S/C13H16O2/c1-9(2)8-11-4-6-12(7-5-11)10(3)13(14)15/h4-7,9H,3,8H2,1-2H3,(H,14,15). The summed E-state index contributed by atoms with van der Waals surface area (Å²) in [7, 11) is 0. The SMILES string of the molecule is C=C(C(=O)O)c1ccc(CC(C)C)cc1. The van der Waals surface area contributed by atoms with Gasteiger partial charge in [0.15, 0.2) is 0 Å². The summed E-state index contributed by atoms with van der Waals surface area (Å²) in [5.74, 6) is -0.356. The van der Waals surface area contributed by atoms with Gasteiger partial charge < -0.3 is 5.11 Å². The summed E-state index contributed by atoms with van der Waals surface area (Å²) in [4.78, 5) is 10.7. The second-order valence-corrected chi connectivity index (χ2v) is 4.08. The average Bonchev–Trinajstić information content (AvgIpc) is 2.17. The van der Waals surface area contributed by atoms with Gasteiger partial charge in [0.25, 0.3) is 0 Å². The number of carboxylic acid groups (broad SMARTS) is 1. The molecule has 0 amide bonds. The van der Waals surface area contributed by atoms with Crippen LogP contribution in [0.1, 0.15) is 25.0 Å². The van der Waals surface area contributed by atoms with Gasteiger partial charge >= 0.3 is 5.97 Å². The van der Waals surface area contributed by atoms with E-state index >= 15 is 0 Å². The van der Waals surface area contributed by atoms with Crippen molar-refractivity contribution in [2.45, 2.75) is 20.3 Å². The highest BCUT2D eigenvalue weighted by Gasteiger charge is 2.06. The van der Waals surface area contributed by atoms with E-state index in [0.29, 0.717) is 11.5 Å². The lowest BCUT2D eigenvalue weighted by Crippen LogP contribution is -1.99. The Morgan fingerprint density at radius 1 is 1.33 bits per heavy atom. The molecular weight excluding hydrogens is 188 g/mol. The van der Waals surface area contributed by atoms with Gasteiger partial charge in [-0.1, -0.05) is 44.7 Å². The average molecular weight is 204 g/mol. The normalized spacial score (nSPS) is 10.3. The van der Waals surface area contributed by atoms with E-state index in [4.69, 9.17) is 5.11 Å². The molecule has 1 rings (SSSR count). The molecule has 0 atom stereocenters. The summed E-state index contributed by atoms with van der Waals surface area (Å²) in [6.07, 6.45) is 1.01. The molecule has 1 N–H and O–H groups in total. The quantitative estimate of drug-likeness (QED) is 0.765. The molecule has 0 saturated carbocycles. The van der Waals surface area contributed by atoms with Gasteiger partial charge in [0.2, 0.25) is 0 Å². The molecule has 15 heavy (non-hydrogen) atoms. The fraction of sp³-hybridized carbons (Fsp3) is 0.308. The molecule has 1 aromatic rings. The van der Waals surface area contributed by atoms with Gasteiger partial charge in [0.1, 0.15) is 0 Å². The highest BCUT2D eigenvalue weighted by atomic mass is 16.4. The lowest BCUT2D eigenvalue weighted by atomic mass is 10.00. The predicted octanol–water partition coefficient (Wildman–Crippen LogP) is 2.98. The van der Waals surface area contributed by atoms with Crippen molar-refractivity contribution in [1.29, 1.82) is 0 Å². The molecule has 0 unspecified atom stereocenters. The molecule has 0 heterocycles. The predicted molar refractivity (Wildman–Crippen MR) is 61.7 cm³/mol. The molecule has 0 bridgehead atoms. The van der Waals surface area contributed by atoms with Crippen LogP contribution >= 0.6 is 0 Å². The first kappa shape index (κ1) is 11.5. The Hall–Kier alpha value is -1.57. The second-order valence-electron chi connectivity index (χ2n) is 4.08. The minimum atomic E-state index is -0.966. The van der Waals surface area contributed by atoms with Crippen molar-refractivity contribution >= 4 is 11.5 Å². The first-order valence-electron chi connectivity index (χ1n) is 5.02. The second kappa shape index (κ2) is 4.78. The molecule has 80 valence electrons. The number of carbonyl (C=O) groups is 1. The summed E-state index contributed by atoms with van der Waals surface area (Å²) in [5, 5.41) is 8.75. The molecule has 0 spiro atoms. The maximum atomic E-state index is 10.7. The third-order valence-electron chi connectivity index (χ3n) is 2.20. The van der Waals surface area contributed by atoms with Crippen LogP contribution in [0.4, 0.5) is 0 Å². The number of carboxylic acids is 1. The van der Waals surface area contributed by atoms with Gasteiger partial charge in [0, 0.05) is 0 Å². The number of benzene rings is 1. The van der Waals surface area contributed by atoms with Crippen molar-refractivity contribution in [3.05, 3.63) is 42.0 Å². The molecular formula is C13H16O2. The monoisotopic (exact) mass is 204 g/mol. The van der Waals surface area contributed by atoms with Crippen LogP contribution in [0.25, 0.3) is 5.57 Å². The van der Waals surface area contributed by atoms with E-state index in [9.17, 15) is 4.79 Å². The van der Waals surface area contributed by atoms with Crippen LogP contribution in [-0.4, -0.2) is 11.1 Å². The number of hydrogen-bond donors (Lipinski definition) is 1. The molecule has 0 aliphatic rings. The first-order chi connectivity index (χ1) is 7.00. The lowest BCUT2D eigenvalue weighted by Gasteiger charge is -2.06. The van der Waals surface area contributed by atoms with Crippen molar-refractivity contribution in [3.8, 4) is 0 Å². The molecule has 0 radical (unpaired) electrons. The first-order valence-corrected chi connectivity index (χ1v) is 5.02. The topological polar surface area (TPSA) is 37.3 Å². The maximum Gasteiger partial charge on any atom is 0.335 e. The fourth-order valence-electron chi connectivity index (χ4n) is 1.44. The van der Waals surface area contributed by atoms with Crippen molar-refractivity contribution in [2.75, 3.05) is 0 Å². The van der Waals surface area contributed by atoms with Crippen molar-refractivity contribution < 1.29 is 9.90 Å². The van der Waals surface area contributed by atoms with E-state index in [1.807, 2.05) is 24.3 Å². The summed E-state index contributed by atoms with van der Waals surface area (Å²) in [6.45, 7) is 7.83. The van der Waals surface area contributed by atoms with E-state index in [0.717, 1.165) is 6.42 Å². The van der Waals surface area contributed by atoms with E-state index in [1.165, 1.54) is 5.56 Å². The third-order valence-corrected chi connectivity index (χ3v) is 2.20. The molecule has 0 aliphatic carbocycles. The van der Waals surface area contributed by atoms with Crippen LogP contribution in [-0.2, 0) is 11.2 Å². The zero-order chi connectivity index (χ0) is 11.4. The molecule has 0 saturated heterocycles. The van der Waals surface area contributed by atoms with Crippen molar-refractivity contribution in [3.63, 3.8) is 0 Å². The van der Waals surface area contributed by atoms with Crippen molar-refractivity contribution in [1.82, 2.24) is 0 Å². The van der Waals surface area contributed by atoms with Gasteiger partial charge in [-0.05, 0) is 23.5 Å². The van der Waals surface area contributed by atoms with Gasteiger partial charge in [-0.2, -0.15) is 0 Å². The van der Waals surface area contributed by atoms with Crippen LogP contribution in [0.5, 0.6) is 0 Å². The summed E-state index contributed by atoms with van der Waals surface area (Å²) in [6, 6.07) is 7.55. The van der Waals surface area contributed by atoms with Crippen LogP contribution in [0.15, 0.2) is 30.8 Å². The number of rotatable bonds is 4. The summed E-state index contributed by atoms with van der Waals surface area (Å²) in [5.41, 5.74) is 2.05. The molecule has 0 aromatic heterocycles. The van der Waals surface area contributed by atoms with E-state index in [-0.39, 0.29) is 5.57 Å². The fourth-order valence-corrected chi connectivity index (χ4v) is 1.44. The number of aliphatic carboxylic acids is 1. The largest absolute Gasteiger partial charge is 0.478 e. The number of hydrogen-bond acceptors (Lipinski definition) is 1. The Balaban J connectivity index is 2.81. The maximum absolute atomic E-state index is 10.7. The van der Waals surface area contributed by atoms with Crippen molar-refractivity contribution in [2.24, 2.45) is 5.92 Å². The third kappa shape index (κ3) is 3.24. The van der Waals surface area contributed by atoms with Gasteiger partial charge in [-0.3, -0.25) is 0 Å². The van der Waals surface area contributed by atoms with E-state index in [1.54, 1.807) is 0 Å². The van der Waals surface area contributed by atoms with Crippen LogP contribution in [0, 0.1) is 5.92 Å². The minimum Gasteiger partial charge on any atom is -0.478 e. The smallest absolute Gasteiger partial charge is 0.335 e. The van der Waals surface area contributed by atoms with Gasteiger partial charge in [-0.15, -0.1) is 0 Å². The van der Waals surface area contributed by atoms with Crippen LogP contribution in [0.2, 0.25) is 0 Å². The van der Waals surface area contributed by atoms with Crippen LogP contribution < -0.4 is 0 Å². The van der Waals surface area contributed by atoms with E-state index < -0.39 is 5.97 Å². The molecule has 2 heteroatoms. The highest BCUT2D eigenvalue weighted by Crippen LogP contribution is 2.15. The Labute approximate surface area is 90.3 Å². The van der Waals surface area contributed by atoms with E-state index in [2.05, 4.69) is 20.4 Å². The highest BCUT2D eigenvalue weighted by molar-refractivity contribution is 6.14. The Kier molecular flexibility index (Phi) is 3.67. The Morgan fingerprint density at radius 2 is 1.87 bits per heavy atom. The van der Waals surface area contributed by atoms with Crippen LogP contribution in [0.3, 0.4) is 0 Å². The molecule has 2 nitrogen and oxygen atoms in total. The van der Waals surface area contributed by atoms with Gasteiger partial charge in [0.05, 0.1) is 5.57 Å². The summed E-state index contributed by atoms with van der Waals surface area (Å²) < 4.78 is 0. The Bertz CT molecular complexity index is 361. The zero-order valence-electron chi connectivity index (χ0n) is 9.16. The molecule has 1 aromatic carbocycles. The summed E-state index contributed by atoms with van der Waals surface area (Å²) >= 11 is 0. The molecule has 0 fully saturated rings. The lowest BCUT2D eigenvalue weighted by molar-refractivity contribution is -0.130.